The van der Waals surface area contributed by atoms with Gasteiger partial charge in [0.1, 0.15) is 5.82 Å². The van der Waals surface area contributed by atoms with Crippen molar-refractivity contribution in [1.82, 2.24) is 9.88 Å². The molecule has 118 valence electrons. The Hall–Kier alpha value is -1.30. The number of rotatable bonds is 5. The third-order valence-electron chi connectivity index (χ3n) is 3.74. The van der Waals surface area contributed by atoms with Gasteiger partial charge in [-0.1, -0.05) is 13.3 Å². The smallest absolute Gasteiger partial charge is 0.370 e. The maximum absolute atomic E-state index is 12.4. The normalized spacial score (nSPS) is 18.5. The minimum Gasteiger partial charge on any atom is -0.370 e. The van der Waals surface area contributed by atoms with Crippen LogP contribution in [0, 0.1) is 5.92 Å². The minimum atomic E-state index is -4.33. The molecular formula is C15H22F3N3. The van der Waals surface area contributed by atoms with E-state index in [9.17, 15) is 13.2 Å². The number of halogens is 3. The van der Waals surface area contributed by atoms with Crippen LogP contribution in [-0.2, 0) is 6.18 Å². The van der Waals surface area contributed by atoms with Crippen LogP contribution in [0.4, 0.5) is 19.0 Å². The molecule has 0 radical (unpaired) electrons. The molecule has 1 N–H and O–H groups in total. The molecule has 1 aromatic heterocycles. The van der Waals surface area contributed by atoms with Crippen molar-refractivity contribution in [2.45, 2.75) is 32.4 Å². The van der Waals surface area contributed by atoms with E-state index in [4.69, 9.17) is 0 Å². The number of nitrogens with one attached hydrogen (secondary N) is 1. The van der Waals surface area contributed by atoms with E-state index in [0.717, 1.165) is 38.4 Å². The average molecular weight is 301 g/mol. The monoisotopic (exact) mass is 301 g/mol. The van der Waals surface area contributed by atoms with E-state index in [0.29, 0.717) is 11.7 Å². The molecule has 0 amide bonds. The number of nitrogens with zero attached hydrogens (tertiary/aromatic N) is 2. The summed E-state index contributed by atoms with van der Waals surface area (Å²) in [7, 11) is 0. The van der Waals surface area contributed by atoms with E-state index >= 15 is 0 Å². The molecule has 0 saturated carbocycles. The highest BCUT2D eigenvalue weighted by molar-refractivity contribution is 5.36. The van der Waals surface area contributed by atoms with Gasteiger partial charge in [0.05, 0.1) is 5.56 Å². The molecule has 2 heterocycles. The van der Waals surface area contributed by atoms with Crippen molar-refractivity contribution in [3.05, 3.63) is 23.9 Å². The van der Waals surface area contributed by atoms with Crippen LogP contribution in [0.2, 0.25) is 0 Å². The zero-order valence-corrected chi connectivity index (χ0v) is 12.3. The van der Waals surface area contributed by atoms with Crippen LogP contribution in [0.1, 0.15) is 31.7 Å². The van der Waals surface area contributed by atoms with Crippen molar-refractivity contribution in [3.63, 3.8) is 0 Å². The number of alkyl halides is 3. The maximum atomic E-state index is 12.4. The molecule has 0 spiro atoms. The molecule has 0 aromatic carbocycles. The fourth-order valence-electron chi connectivity index (χ4n) is 2.59. The standard InChI is InChI=1S/C15H22F3N3/c1-12(11-21-7-3-2-4-8-21)9-19-14-6-5-13(10-20-14)15(16,17)18/h5-6,10,12H,2-4,7-9,11H2,1H3,(H,19,20). The van der Waals surface area contributed by atoms with Crippen molar-refractivity contribution >= 4 is 5.82 Å². The summed E-state index contributed by atoms with van der Waals surface area (Å²) in [6.07, 6.45) is 0.393. The molecule has 1 saturated heterocycles. The van der Waals surface area contributed by atoms with Crippen molar-refractivity contribution in [2.24, 2.45) is 5.92 Å². The zero-order valence-electron chi connectivity index (χ0n) is 12.3. The molecule has 6 heteroatoms. The van der Waals surface area contributed by atoms with E-state index in [2.05, 4.69) is 22.1 Å². The zero-order chi connectivity index (χ0) is 15.3. The second kappa shape index (κ2) is 7.11. The summed E-state index contributed by atoms with van der Waals surface area (Å²) in [6, 6.07) is 2.45. The van der Waals surface area contributed by atoms with Gasteiger partial charge in [-0.15, -0.1) is 0 Å². The van der Waals surface area contributed by atoms with Gasteiger partial charge >= 0.3 is 6.18 Å². The van der Waals surface area contributed by atoms with Gasteiger partial charge in [-0.3, -0.25) is 0 Å². The van der Waals surface area contributed by atoms with Gasteiger partial charge in [0.25, 0.3) is 0 Å². The first-order valence-corrected chi connectivity index (χ1v) is 7.44. The number of aromatic nitrogens is 1. The third-order valence-corrected chi connectivity index (χ3v) is 3.74. The quantitative estimate of drug-likeness (QED) is 0.900. The van der Waals surface area contributed by atoms with Gasteiger partial charge in [-0.05, 0) is 44.0 Å². The number of hydrogen-bond acceptors (Lipinski definition) is 3. The number of likely N-dealkylation sites (tertiary alicyclic amines) is 1. The molecule has 0 aliphatic carbocycles. The predicted octanol–water partition coefficient (Wildman–Crippen LogP) is 3.63. The maximum Gasteiger partial charge on any atom is 0.417 e. The van der Waals surface area contributed by atoms with Crippen molar-refractivity contribution < 1.29 is 13.2 Å². The summed E-state index contributed by atoms with van der Waals surface area (Å²) in [5, 5.41) is 3.11. The molecule has 1 unspecified atom stereocenters. The first kappa shape index (κ1) is 16.1. The van der Waals surface area contributed by atoms with E-state index in [1.54, 1.807) is 0 Å². The van der Waals surface area contributed by atoms with Gasteiger partial charge in [0.2, 0.25) is 0 Å². The lowest BCUT2D eigenvalue weighted by Gasteiger charge is -2.29. The molecule has 1 atom stereocenters. The van der Waals surface area contributed by atoms with Gasteiger partial charge in [0.15, 0.2) is 0 Å². The number of hydrogen-bond donors (Lipinski definition) is 1. The Balaban J connectivity index is 1.76. The molecule has 2 rings (SSSR count). The molecule has 3 nitrogen and oxygen atoms in total. The largest absolute Gasteiger partial charge is 0.417 e. The Kier molecular flexibility index (Phi) is 5.45. The van der Waals surface area contributed by atoms with Crippen molar-refractivity contribution in [2.75, 3.05) is 31.5 Å². The Labute approximate surface area is 123 Å². The fourth-order valence-corrected chi connectivity index (χ4v) is 2.59. The molecule has 21 heavy (non-hydrogen) atoms. The third kappa shape index (κ3) is 5.19. The van der Waals surface area contributed by atoms with Crippen LogP contribution in [-0.4, -0.2) is 36.1 Å². The SMILES string of the molecule is CC(CNc1ccc(C(F)(F)F)cn1)CN1CCCCC1. The first-order valence-electron chi connectivity index (χ1n) is 7.44. The minimum absolute atomic E-state index is 0.437. The highest BCUT2D eigenvalue weighted by Gasteiger charge is 2.30. The molecular weight excluding hydrogens is 279 g/mol. The van der Waals surface area contributed by atoms with Gasteiger partial charge in [-0.25, -0.2) is 4.98 Å². The second-order valence-corrected chi connectivity index (χ2v) is 5.78. The predicted molar refractivity (Wildman–Crippen MR) is 77.2 cm³/mol. The number of anilines is 1. The van der Waals surface area contributed by atoms with Gasteiger partial charge in [0, 0.05) is 19.3 Å². The Morgan fingerprint density at radius 1 is 1.24 bits per heavy atom. The van der Waals surface area contributed by atoms with Crippen molar-refractivity contribution in [1.29, 1.82) is 0 Å². The molecule has 0 bridgehead atoms. The summed E-state index contributed by atoms with van der Waals surface area (Å²) >= 11 is 0. The summed E-state index contributed by atoms with van der Waals surface area (Å²) in [4.78, 5) is 6.27. The van der Waals surface area contributed by atoms with E-state index < -0.39 is 11.7 Å². The van der Waals surface area contributed by atoms with Crippen molar-refractivity contribution in [3.8, 4) is 0 Å². The lowest BCUT2D eigenvalue weighted by Crippen LogP contribution is -2.35. The summed E-state index contributed by atoms with van der Waals surface area (Å²) in [5.41, 5.74) is -0.714. The topological polar surface area (TPSA) is 28.2 Å². The van der Waals surface area contributed by atoms with Gasteiger partial charge < -0.3 is 10.2 Å². The Bertz CT molecular complexity index is 425. The Morgan fingerprint density at radius 2 is 1.95 bits per heavy atom. The van der Waals surface area contributed by atoms with Crippen LogP contribution >= 0.6 is 0 Å². The average Bonchev–Trinajstić information content (AvgIpc) is 2.46. The van der Waals surface area contributed by atoms with Crippen LogP contribution in [0.25, 0.3) is 0 Å². The number of pyridine rings is 1. The van der Waals surface area contributed by atoms with Crippen LogP contribution < -0.4 is 5.32 Å². The second-order valence-electron chi connectivity index (χ2n) is 5.78. The molecule has 1 aliphatic rings. The highest BCUT2D eigenvalue weighted by Crippen LogP contribution is 2.28. The number of piperidine rings is 1. The summed E-state index contributed by atoms with van der Waals surface area (Å²) < 4.78 is 37.3. The molecule has 1 aromatic rings. The Morgan fingerprint density at radius 3 is 2.52 bits per heavy atom. The van der Waals surface area contributed by atoms with E-state index in [1.807, 2.05) is 0 Å². The van der Waals surface area contributed by atoms with Gasteiger partial charge in [-0.2, -0.15) is 13.2 Å². The lowest BCUT2D eigenvalue weighted by molar-refractivity contribution is -0.137. The fraction of sp³-hybridized carbons (Fsp3) is 0.667. The lowest BCUT2D eigenvalue weighted by atomic mass is 10.1. The summed E-state index contributed by atoms with van der Waals surface area (Å²) in [6.45, 7) is 6.19. The summed E-state index contributed by atoms with van der Waals surface area (Å²) in [5.74, 6) is 0.931. The van der Waals surface area contributed by atoms with Crippen LogP contribution in [0.15, 0.2) is 18.3 Å². The molecule has 1 fully saturated rings. The van der Waals surface area contributed by atoms with Crippen LogP contribution in [0.3, 0.4) is 0 Å². The van der Waals surface area contributed by atoms with E-state index in [-0.39, 0.29) is 0 Å². The van der Waals surface area contributed by atoms with Crippen LogP contribution in [0.5, 0.6) is 0 Å². The van der Waals surface area contributed by atoms with E-state index in [1.165, 1.54) is 25.3 Å². The first-order chi connectivity index (χ1) is 9.95. The molecule has 1 aliphatic heterocycles. The highest BCUT2D eigenvalue weighted by atomic mass is 19.4.